The van der Waals surface area contributed by atoms with Crippen molar-refractivity contribution in [1.82, 2.24) is 14.9 Å². The highest BCUT2D eigenvalue weighted by molar-refractivity contribution is 7.99. The number of ether oxygens (including phenoxy) is 1. The smallest absolute Gasteiger partial charge is 0.230 e. The zero-order valence-electron chi connectivity index (χ0n) is 13.3. The van der Waals surface area contributed by atoms with Gasteiger partial charge in [0.05, 0.1) is 23.4 Å². The van der Waals surface area contributed by atoms with Crippen LogP contribution in [0.2, 0.25) is 0 Å². The second-order valence-corrected chi connectivity index (χ2v) is 6.46. The van der Waals surface area contributed by atoms with Crippen LogP contribution >= 0.6 is 11.8 Å². The summed E-state index contributed by atoms with van der Waals surface area (Å²) in [6.45, 7) is 6.22. The number of imidazole rings is 1. The van der Waals surface area contributed by atoms with Crippen LogP contribution in [0.5, 0.6) is 0 Å². The van der Waals surface area contributed by atoms with Gasteiger partial charge >= 0.3 is 0 Å². The predicted octanol–water partition coefficient (Wildman–Crippen LogP) is 2.55. The number of nitrogens with zero attached hydrogens (tertiary/aromatic N) is 2. The van der Waals surface area contributed by atoms with Crippen molar-refractivity contribution in [1.29, 1.82) is 0 Å². The molecule has 2 rings (SSSR count). The van der Waals surface area contributed by atoms with Crippen LogP contribution < -0.4 is 5.32 Å². The van der Waals surface area contributed by atoms with Crippen LogP contribution in [0.4, 0.5) is 0 Å². The Hall–Kier alpha value is -1.53. The summed E-state index contributed by atoms with van der Waals surface area (Å²) >= 11 is 1.47. The molecular weight excluding hydrogens is 298 g/mol. The van der Waals surface area contributed by atoms with Crippen molar-refractivity contribution >= 4 is 28.7 Å². The van der Waals surface area contributed by atoms with E-state index in [-0.39, 0.29) is 5.91 Å². The Balaban J connectivity index is 2.07. The average molecular weight is 321 g/mol. The number of thioether (sulfide) groups is 1. The molecule has 0 radical (unpaired) electrons. The first kappa shape index (κ1) is 16.8. The lowest BCUT2D eigenvalue weighted by atomic mass is 10.2. The van der Waals surface area contributed by atoms with Gasteiger partial charge in [0.1, 0.15) is 0 Å². The molecule has 1 aromatic heterocycles. The van der Waals surface area contributed by atoms with Gasteiger partial charge in [0.2, 0.25) is 5.91 Å². The fourth-order valence-corrected chi connectivity index (χ4v) is 2.93. The van der Waals surface area contributed by atoms with Crippen molar-refractivity contribution < 1.29 is 9.53 Å². The lowest BCUT2D eigenvalue weighted by Crippen LogP contribution is -2.28. The van der Waals surface area contributed by atoms with Crippen molar-refractivity contribution in [3.63, 3.8) is 0 Å². The number of nitrogens with one attached hydrogen (secondary N) is 1. The fraction of sp³-hybridized carbons (Fsp3) is 0.500. The van der Waals surface area contributed by atoms with E-state index in [1.165, 1.54) is 11.8 Å². The standard InChI is InChI=1S/C16H23N3O2S/c1-12(2)10-17-15(20)11-22-16-18-13-6-4-5-7-14(13)19(16)8-9-21-3/h4-7,12H,8-11H2,1-3H3,(H,17,20). The quantitative estimate of drug-likeness (QED) is 0.759. The third-order valence-electron chi connectivity index (χ3n) is 3.18. The molecule has 1 amide bonds. The number of para-hydroxylation sites is 2. The first-order chi connectivity index (χ1) is 10.6. The molecule has 0 spiro atoms. The second kappa shape index (κ2) is 8.19. The molecule has 0 atom stereocenters. The van der Waals surface area contributed by atoms with E-state index in [4.69, 9.17) is 4.74 Å². The Bertz CT molecular complexity index is 625. The first-order valence-electron chi connectivity index (χ1n) is 7.45. The molecule has 22 heavy (non-hydrogen) atoms. The van der Waals surface area contributed by atoms with Crippen LogP contribution in [-0.4, -0.2) is 41.5 Å². The van der Waals surface area contributed by atoms with Gasteiger partial charge in [-0.05, 0) is 18.1 Å². The average Bonchev–Trinajstić information content (AvgIpc) is 2.86. The summed E-state index contributed by atoms with van der Waals surface area (Å²) in [7, 11) is 1.69. The summed E-state index contributed by atoms with van der Waals surface area (Å²) < 4.78 is 7.28. The van der Waals surface area contributed by atoms with Gasteiger partial charge in [-0.3, -0.25) is 4.79 Å². The van der Waals surface area contributed by atoms with Gasteiger partial charge in [-0.1, -0.05) is 37.7 Å². The summed E-state index contributed by atoms with van der Waals surface area (Å²) in [5, 5.41) is 3.79. The normalized spacial score (nSPS) is 11.3. The van der Waals surface area contributed by atoms with Crippen LogP contribution in [0.15, 0.2) is 29.4 Å². The van der Waals surface area contributed by atoms with Crippen molar-refractivity contribution in [3.8, 4) is 0 Å². The van der Waals surface area contributed by atoms with Crippen LogP contribution in [0.3, 0.4) is 0 Å². The molecule has 120 valence electrons. The molecule has 1 N–H and O–H groups in total. The third-order valence-corrected chi connectivity index (χ3v) is 4.15. The maximum atomic E-state index is 11.9. The molecule has 1 aromatic carbocycles. The minimum absolute atomic E-state index is 0.0454. The van der Waals surface area contributed by atoms with Crippen LogP contribution in [0, 0.1) is 5.92 Å². The lowest BCUT2D eigenvalue weighted by molar-refractivity contribution is -0.118. The Morgan fingerprint density at radius 2 is 2.18 bits per heavy atom. The highest BCUT2D eigenvalue weighted by Gasteiger charge is 2.12. The highest BCUT2D eigenvalue weighted by atomic mass is 32.2. The zero-order valence-corrected chi connectivity index (χ0v) is 14.2. The number of hydrogen-bond acceptors (Lipinski definition) is 4. The van der Waals surface area contributed by atoms with Gasteiger partial charge in [0, 0.05) is 20.2 Å². The number of hydrogen-bond donors (Lipinski definition) is 1. The molecule has 0 fully saturated rings. The van der Waals surface area contributed by atoms with E-state index in [1.807, 2.05) is 24.3 Å². The summed E-state index contributed by atoms with van der Waals surface area (Å²) in [5.74, 6) is 0.882. The van der Waals surface area contributed by atoms with Gasteiger partial charge < -0.3 is 14.6 Å². The van der Waals surface area contributed by atoms with Gasteiger partial charge in [0.15, 0.2) is 5.16 Å². The van der Waals surface area contributed by atoms with E-state index < -0.39 is 0 Å². The molecule has 0 saturated carbocycles. The van der Waals surface area contributed by atoms with Crippen molar-refractivity contribution in [2.45, 2.75) is 25.5 Å². The molecule has 2 aromatic rings. The number of fused-ring (bicyclic) bond motifs is 1. The molecule has 0 saturated heterocycles. The Kier molecular flexibility index (Phi) is 6.27. The number of methoxy groups -OCH3 is 1. The molecule has 0 bridgehead atoms. The van der Waals surface area contributed by atoms with Gasteiger partial charge in [-0.2, -0.15) is 0 Å². The van der Waals surface area contributed by atoms with Crippen LogP contribution in [0.25, 0.3) is 11.0 Å². The van der Waals surface area contributed by atoms with Gasteiger partial charge in [-0.25, -0.2) is 4.98 Å². The minimum atomic E-state index is 0.0454. The van der Waals surface area contributed by atoms with Crippen molar-refractivity contribution in [2.75, 3.05) is 26.0 Å². The number of aromatic nitrogens is 2. The molecule has 5 nitrogen and oxygen atoms in total. The van der Waals surface area contributed by atoms with Crippen molar-refractivity contribution in [3.05, 3.63) is 24.3 Å². The molecule has 0 aliphatic carbocycles. The second-order valence-electron chi connectivity index (χ2n) is 5.51. The van der Waals surface area contributed by atoms with E-state index in [2.05, 4.69) is 28.7 Å². The molecule has 1 heterocycles. The molecule has 0 aliphatic rings. The third kappa shape index (κ3) is 4.48. The predicted molar refractivity (Wildman–Crippen MR) is 90.2 cm³/mol. The van der Waals surface area contributed by atoms with Gasteiger partial charge in [0.25, 0.3) is 0 Å². The SMILES string of the molecule is COCCn1c(SCC(=O)NCC(C)C)nc2ccccc21. The van der Waals surface area contributed by atoms with E-state index >= 15 is 0 Å². The highest BCUT2D eigenvalue weighted by Crippen LogP contribution is 2.23. The Morgan fingerprint density at radius 3 is 2.91 bits per heavy atom. The van der Waals surface area contributed by atoms with Gasteiger partial charge in [-0.15, -0.1) is 0 Å². The lowest BCUT2D eigenvalue weighted by Gasteiger charge is -2.09. The minimum Gasteiger partial charge on any atom is -0.383 e. The number of carbonyl (C=O) groups is 1. The van der Waals surface area contributed by atoms with Crippen molar-refractivity contribution in [2.24, 2.45) is 5.92 Å². The zero-order chi connectivity index (χ0) is 15.9. The summed E-state index contributed by atoms with van der Waals surface area (Å²) in [6.07, 6.45) is 0. The van der Waals surface area contributed by atoms with E-state index in [0.29, 0.717) is 24.8 Å². The summed E-state index contributed by atoms with van der Waals surface area (Å²) in [6, 6.07) is 8.00. The number of benzene rings is 1. The maximum absolute atomic E-state index is 11.9. The van der Waals surface area contributed by atoms with E-state index in [1.54, 1.807) is 7.11 Å². The van der Waals surface area contributed by atoms with Crippen LogP contribution in [0.1, 0.15) is 13.8 Å². The largest absolute Gasteiger partial charge is 0.383 e. The number of amides is 1. The van der Waals surface area contributed by atoms with E-state index in [0.717, 1.165) is 22.7 Å². The topological polar surface area (TPSA) is 56.1 Å². The first-order valence-corrected chi connectivity index (χ1v) is 8.44. The molecule has 6 heteroatoms. The fourth-order valence-electron chi connectivity index (χ4n) is 2.06. The number of rotatable bonds is 8. The van der Waals surface area contributed by atoms with E-state index in [9.17, 15) is 4.79 Å². The monoisotopic (exact) mass is 321 g/mol. The molecule has 0 unspecified atom stereocenters. The summed E-state index contributed by atoms with van der Waals surface area (Å²) in [5.41, 5.74) is 2.02. The Labute approximate surface area is 135 Å². The maximum Gasteiger partial charge on any atom is 0.230 e. The van der Waals surface area contributed by atoms with Crippen LogP contribution in [-0.2, 0) is 16.1 Å². The molecular formula is C16H23N3O2S. The molecule has 0 aliphatic heterocycles. The number of carbonyl (C=O) groups excluding carboxylic acids is 1. The Morgan fingerprint density at radius 1 is 1.41 bits per heavy atom. The summed E-state index contributed by atoms with van der Waals surface area (Å²) in [4.78, 5) is 16.5.